The molecule has 0 radical (unpaired) electrons. The Hall–Kier alpha value is -0.340. The summed E-state index contributed by atoms with van der Waals surface area (Å²) in [4.78, 5) is 1.47. The monoisotopic (exact) mass is 197 g/mol. The third-order valence-electron chi connectivity index (χ3n) is 2.49. The van der Waals surface area contributed by atoms with Crippen molar-refractivity contribution < 1.29 is 0 Å². The Morgan fingerprint density at radius 3 is 2.69 bits per heavy atom. The van der Waals surface area contributed by atoms with Crippen molar-refractivity contribution in [2.75, 3.05) is 6.54 Å². The second-order valence-electron chi connectivity index (χ2n) is 3.44. The average Bonchev–Trinajstić information content (AvgIpc) is 2.65. The molecule has 0 aliphatic heterocycles. The van der Waals surface area contributed by atoms with E-state index < -0.39 is 0 Å². The predicted molar refractivity (Wildman–Crippen MR) is 60.2 cm³/mol. The van der Waals surface area contributed by atoms with Gasteiger partial charge in [-0.1, -0.05) is 33.3 Å². The van der Waals surface area contributed by atoms with Crippen LogP contribution in [0.2, 0.25) is 0 Å². The molecule has 2 atom stereocenters. The highest BCUT2D eigenvalue weighted by molar-refractivity contribution is 7.10. The van der Waals surface area contributed by atoms with Crippen LogP contribution >= 0.6 is 11.3 Å². The molecule has 0 saturated carbocycles. The van der Waals surface area contributed by atoms with Crippen molar-refractivity contribution >= 4 is 11.3 Å². The van der Waals surface area contributed by atoms with Crippen molar-refractivity contribution in [1.29, 1.82) is 0 Å². The van der Waals surface area contributed by atoms with Gasteiger partial charge in [-0.2, -0.15) is 0 Å². The summed E-state index contributed by atoms with van der Waals surface area (Å²) in [6, 6.07) is 4.91. The molecule has 2 heteroatoms. The highest BCUT2D eigenvalue weighted by atomic mass is 32.1. The molecule has 1 nitrogen and oxygen atoms in total. The number of nitrogens with one attached hydrogen (secondary N) is 1. The maximum Gasteiger partial charge on any atom is 0.0440 e. The van der Waals surface area contributed by atoms with Crippen LogP contribution in [-0.2, 0) is 0 Å². The van der Waals surface area contributed by atoms with Crippen molar-refractivity contribution in [1.82, 2.24) is 5.32 Å². The van der Waals surface area contributed by atoms with Crippen molar-refractivity contribution in [2.45, 2.75) is 33.2 Å². The lowest BCUT2D eigenvalue weighted by atomic mass is 9.98. The maximum absolute atomic E-state index is 3.55. The first-order chi connectivity index (χ1) is 6.29. The molecule has 74 valence electrons. The highest BCUT2D eigenvalue weighted by Gasteiger charge is 2.16. The van der Waals surface area contributed by atoms with E-state index in [4.69, 9.17) is 0 Å². The molecule has 0 amide bonds. The van der Waals surface area contributed by atoms with Crippen molar-refractivity contribution in [3.8, 4) is 0 Å². The number of hydrogen-bond acceptors (Lipinski definition) is 2. The fourth-order valence-corrected chi connectivity index (χ4v) is 2.44. The molecule has 0 aliphatic rings. The Labute approximate surface area is 85.2 Å². The molecule has 0 spiro atoms. The molecule has 1 aromatic rings. The summed E-state index contributed by atoms with van der Waals surface area (Å²) in [7, 11) is 0. The molecule has 13 heavy (non-hydrogen) atoms. The van der Waals surface area contributed by atoms with Crippen LogP contribution < -0.4 is 5.32 Å². The Balaban J connectivity index is 2.68. The van der Waals surface area contributed by atoms with Gasteiger partial charge in [-0.3, -0.25) is 0 Å². The van der Waals surface area contributed by atoms with Crippen LogP contribution in [0.25, 0.3) is 0 Å². The van der Waals surface area contributed by atoms with Gasteiger partial charge in [-0.25, -0.2) is 0 Å². The van der Waals surface area contributed by atoms with E-state index in [1.165, 1.54) is 11.3 Å². The van der Waals surface area contributed by atoms with Gasteiger partial charge in [0.2, 0.25) is 0 Å². The van der Waals surface area contributed by atoms with Gasteiger partial charge in [-0.15, -0.1) is 11.3 Å². The van der Waals surface area contributed by atoms with E-state index in [1.807, 2.05) is 11.3 Å². The van der Waals surface area contributed by atoms with Gasteiger partial charge in [0.05, 0.1) is 0 Å². The zero-order chi connectivity index (χ0) is 9.68. The van der Waals surface area contributed by atoms with E-state index in [1.54, 1.807) is 0 Å². The molecule has 0 aromatic carbocycles. The fourth-order valence-electron chi connectivity index (χ4n) is 1.51. The van der Waals surface area contributed by atoms with E-state index in [2.05, 4.69) is 43.6 Å². The number of rotatable bonds is 5. The van der Waals surface area contributed by atoms with Gasteiger partial charge in [-0.05, 0) is 23.9 Å². The Morgan fingerprint density at radius 2 is 2.23 bits per heavy atom. The lowest BCUT2D eigenvalue weighted by molar-refractivity contribution is 0.389. The second-order valence-corrected chi connectivity index (χ2v) is 4.42. The Bertz CT molecular complexity index is 218. The summed E-state index contributed by atoms with van der Waals surface area (Å²) in [5.41, 5.74) is 0. The largest absolute Gasteiger partial charge is 0.309 e. The van der Waals surface area contributed by atoms with E-state index >= 15 is 0 Å². The minimum atomic E-state index is 0.551. The molecule has 0 bridgehead atoms. The topological polar surface area (TPSA) is 12.0 Å². The summed E-state index contributed by atoms with van der Waals surface area (Å²) in [6.07, 6.45) is 1.23. The van der Waals surface area contributed by atoms with Crippen LogP contribution in [0.1, 0.15) is 38.1 Å². The predicted octanol–water partition coefficient (Wildman–Crippen LogP) is 3.44. The normalized spacial score (nSPS) is 15.6. The summed E-state index contributed by atoms with van der Waals surface area (Å²) in [5, 5.41) is 5.70. The van der Waals surface area contributed by atoms with Crippen molar-refractivity contribution in [2.24, 2.45) is 5.92 Å². The van der Waals surface area contributed by atoms with Gasteiger partial charge < -0.3 is 5.32 Å². The van der Waals surface area contributed by atoms with Gasteiger partial charge in [0.1, 0.15) is 0 Å². The SMILES string of the molecule is CCNC(c1cccs1)C(C)CC. The van der Waals surface area contributed by atoms with Crippen LogP contribution in [0.15, 0.2) is 17.5 Å². The van der Waals surface area contributed by atoms with Gasteiger partial charge in [0.15, 0.2) is 0 Å². The molecule has 0 fully saturated rings. The first-order valence-electron chi connectivity index (χ1n) is 5.06. The Morgan fingerprint density at radius 1 is 1.46 bits per heavy atom. The van der Waals surface area contributed by atoms with Crippen LogP contribution in [0.5, 0.6) is 0 Å². The molecule has 1 N–H and O–H groups in total. The van der Waals surface area contributed by atoms with Crippen molar-refractivity contribution in [3.63, 3.8) is 0 Å². The summed E-state index contributed by atoms with van der Waals surface area (Å²) in [6.45, 7) is 7.78. The molecule has 1 rings (SSSR count). The molecule has 1 aromatic heterocycles. The molecular formula is C11H19NS. The molecular weight excluding hydrogens is 178 g/mol. The minimum Gasteiger partial charge on any atom is -0.309 e. The number of thiophene rings is 1. The van der Waals surface area contributed by atoms with Gasteiger partial charge in [0.25, 0.3) is 0 Å². The standard InChI is InChI=1S/C11H19NS/c1-4-9(3)11(12-5-2)10-7-6-8-13-10/h6-9,11-12H,4-5H2,1-3H3. The summed E-state index contributed by atoms with van der Waals surface area (Å²) >= 11 is 1.85. The van der Waals surface area contributed by atoms with Crippen molar-refractivity contribution in [3.05, 3.63) is 22.4 Å². The zero-order valence-electron chi connectivity index (χ0n) is 8.71. The third-order valence-corrected chi connectivity index (χ3v) is 3.44. The second kappa shape index (κ2) is 5.40. The maximum atomic E-state index is 3.55. The van der Waals surface area contributed by atoms with E-state index in [0.717, 1.165) is 12.5 Å². The first kappa shape index (κ1) is 10.7. The Kier molecular flexibility index (Phi) is 4.46. The first-order valence-corrected chi connectivity index (χ1v) is 5.94. The number of hydrogen-bond donors (Lipinski definition) is 1. The quantitative estimate of drug-likeness (QED) is 0.762. The van der Waals surface area contributed by atoms with E-state index in [-0.39, 0.29) is 0 Å². The van der Waals surface area contributed by atoms with Crippen LogP contribution in [0, 0.1) is 5.92 Å². The lowest BCUT2D eigenvalue weighted by Crippen LogP contribution is -2.25. The smallest absolute Gasteiger partial charge is 0.0440 e. The summed E-state index contributed by atoms with van der Waals surface area (Å²) < 4.78 is 0. The summed E-state index contributed by atoms with van der Waals surface area (Å²) in [5.74, 6) is 0.721. The third kappa shape index (κ3) is 2.82. The van der Waals surface area contributed by atoms with Gasteiger partial charge in [0, 0.05) is 10.9 Å². The van der Waals surface area contributed by atoms with Crippen LogP contribution in [0.4, 0.5) is 0 Å². The lowest BCUT2D eigenvalue weighted by Gasteiger charge is -2.22. The van der Waals surface area contributed by atoms with Gasteiger partial charge >= 0.3 is 0 Å². The van der Waals surface area contributed by atoms with Crippen LogP contribution in [-0.4, -0.2) is 6.54 Å². The minimum absolute atomic E-state index is 0.551. The average molecular weight is 197 g/mol. The molecule has 1 heterocycles. The van der Waals surface area contributed by atoms with E-state index in [9.17, 15) is 0 Å². The molecule has 2 unspecified atom stereocenters. The molecule has 0 aliphatic carbocycles. The fraction of sp³-hybridized carbons (Fsp3) is 0.636. The van der Waals surface area contributed by atoms with Crippen LogP contribution in [0.3, 0.4) is 0 Å². The highest BCUT2D eigenvalue weighted by Crippen LogP contribution is 2.27. The van der Waals surface area contributed by atoms with E-state index in [0.29, 0.717) is 6.04 Å². The molecule has 0 saturated heterocycles. The zero-order valence-corrected chi connectivity index (χ0v) is 9.53.